The Kier molecular flexibility index (Phi) is 7.28. The number of nitrogens with one attached hydrogen (secondary N) is 1. The zero-order valence-electron chi connectivity index (χ0n) is 19.9. The maximum Gasteiger partial charge on any atom is 0.272 e. The van der Waals surface area contributed by atoms with Crippen molar-refractivity contribution in [2.24, 2.45) is 5.92 Å². The second-order valence-corrected chi connectivity index (χ2v) is 8.95. The summed E-state index contributed by atoms with van der Waals surface area (Å²) < 4.78 is 7.24. The quantitative estimate of drug-likeness (QED) is 0.381. The molecule has 4 rings (SSSR count). The number of ether oxygens (including phenoxy) is 1. The second-order valence-electron chi connectivity index (χ2n) is 8.95. The number of hydrogen-bond donors (Lipinski definition) is 2. The predicted molar refractivity (Wildman–Crippen MR) is 134 cm³/mol. The third-order valence-corrected chi connectivity index (χ3v) is 5.82. The Balaban J connectivity index is 1.73. The minimum atomic E-state index is -0.313. The lowest BCUT2D eigenvalue weighted by atomic mass is 10.0. The van der Waals surface area contributed by atoms with Gasteiger partial charge in [-0.15, -0.1) is 0 Å². The van der Waals surface area contributed by atoms with E-state index in [0.29, 0.717) is 23.7 Å². The third-order valence-electron chi connectivity index (χ3n) is 5.82. The van der Waals surface area contributed by atoms with Crippen LogP contribution in [0.15, 0.2) is 72.9 Å². The number of aliphatic hydroxyl groups is 1. The van der Waals surface area contributed by atoms with Gasteiger partial charge < -0.3 is 15.2 Å². The molecule has 0 saturated carbocycles. The van der Waals surface area contributed by atoms with Crippen molar-refractivity contribution in [2.75, 3.05) is 13.7 Å². The Hall–Kier alpha value is -3.64. The number of hydrogen-bond acceptors (Lipinski definition) is 4. The van der Waals surface area contributed by atoms with Crippen LogP contribution in [-0.4, -0.2) is 40.2 Å². The number of rotatable bonds is 9. The van der Waals surface area contributed by atoms with Gasteiger partial charge in [0.15, 0.2) is 5.69 Å². The molecule has 6 heteroatoms. The van der Waals surface area contributed by atoms with Gasteiger partial charge in [-0.1, -0.05) is 62.4 Å². The number of aliphatic hydroxyl groups excluding tert-OH is 1. The molecule has 2 N–H and O–H groups in total. The average Bonchev–Trinajstić information content (AvgIpc) is 3.23. The summed E-state index contributed by atoms with van der Waals surface area (Å²) in [5.41, 5.74) is 4.98. The first kappa shape index (κ1) is 23.5. The maximum absolute atomic E-state index is 13.3. The molecule has 6 nitrogen and oxygen atoms in total. The van der Waals surface area contributed by atoms with Crippen LogP contribution in [-0.2, 0) is 6.42 Å². The van der Waals surface area contributed by atoms with Crippen LogP contribution >= 0.6 is 0 Å². The van der Waals surface area contributed by atoms with Crippen LogP contribution in [0.1, 0.15) is 41.9 Å². The van der Waals surface area contributed by atoms with E-state index in [2.05, 4.69) is 36.3 Å². The lowest BCUT2D eigenvalue weighted by Crippen LogP contribution is -2.38. The van der Waals surface area contributed by atoms with E-state index in [0.717, 1.165) is 29.0 Å². The summed E-state index contributed by atoms with van der Waals surface area (Å²) in [5.74, 6) is 0.904. The molecular formula is C28H31N3O3. The molecule has 0 bridgehead atoms. The highest BCUT2D eigenvalue weighted by Gasteiger charge is 2.23. The van der Waals surface area contributed by atoms with Crippen LogP contribution in [0.2, 0.25) is 0 Å². The van der Waals surface area contributed by atoms with Gasteiger partial charge >= 0.3 is 0 Å². The van der Waals surface area contributed by atoms with Gasteiger partial charge in [0.1, 0.15) is 11.4 Å². The molecular weight excluding hydrogens is 426 g/mol. The van der Waals surface area contributed by atoms with E-state index in [-0.39, 0.29) is 18.6 Å². The standard InChI is InChI=1S/C28H31N3O3/c1-19(2)15-23(18-32)29-28(33)26-27(22-7-5-4-6-8-22)31-17-21(11-14-25(31)30-26)16-20-9-12-24(34-3)13-10-20/h4-14,17,19,23,32H,15-16,18H2,1-3H3,(H,29,33)/t23-/m0/s1. The van der Waals surface area contributed by atoms with Crippen molar-refractivity contribution in [2.45, 2.75) is 32.7 Å². The molecule has 2 aromatic carbocycles. The topological polar surface area (TPSA) is 75.9 Å². The first-order chi connectivity index (χ1) is 16.5. The van der Waals surface area contributed by atoms with Crippen LogP contribution < -0.4 is 10.1 Å². The smallest absolute Gasteiger partial charge is 0.272 e. The number of amides is 1. The lowest BCUT2D eigenvalue weighted by molar-refractivity contribution is 0.0904. The molecule has 1 atom stereocenters. The zero-order valence-corrected chi connectivity index (χ0v) is 19.9. The summed E-state index contributed by atoms with van der Waals surface area (Å²) in [5, 5.41) is 12.7. The molecule has 2 heterocycles. The van der Waals surface area contributed by atoms with E-state index < -0.39 is 0 Å². The van der Waals surface area contributed by atoms with Crippen LogP contribution in [0.3, 0.4) is 0 Å². The number of pyridine rings is 1. The molecule has 4 aromatic rings. The number of fused-ring (bicyclic) bond motifs is 1. The number of nitrogens with zero attached hydrogens (tertiary/aromatic N) is 2. The summed E-state index contributed by atoms with van der Waals surface area (Å²) in [6.07, 6.45) is 3.49. The van der Waals surface area contributed by atoms with Gasteiger partial charge in [0.05, 0.1) is 25.5 Å². The fourth-order valence-electron chi connectivity index (χ4n) is 4.20. The van der Waals surface area contributed by atoms with E-state index >= 15 is 0 Å². The molecule has 0 unspecified atom stereocenters. The molecule has 0 saturated heterocycles. The minimum Gasteiger partial charge on any atom is -0.497 e. The largest absolute Gasteiger partial charge is 0.497 e. The lowest BCUT2D eigenvalue weighted by Gasteiger charge is -2.18. The van der Waals surface area contributed by atoms with E-state index in [1.54, 1.807) is 7.11 Å². The average molecular weight is 458 g/mol. The summed E-state index contributed by atoms with van der Waals surface area (Å²) >= 11 is 0. The summed E-state index contributed by atoms with van der Waals surface area (Å²) in [4.78, 5) is 18.0. The number of carbonyl (C=O) groups is 1. The van der Waals surface area contributed by atoms with Gasteiger partial charge in [0.2, 0.25) is 0 Å². The van der Waals surface area contributed by atoms with Gasteiger partial charge in [-0.25, -0.2) is 4.98 Å². The first-order valence-electron chi connectivity index (χ1n) is 11.6. The highest BCUT2D eigenvalue weighted by Crippen LogP contribution is 2.27. The molecule has 0 aliphatic carbocycles. The molecule has 0 aliphatic rings. The summed E-state index contributed by atoms with van der Waals surface area (Å²) in [6.45, 7) is 4.03. The van der Waals surface area contributed by atoms with Crippen molar-refractivity contribution in [1.29, 1.82) is 0 Å². The Morgan fingerprint density at radius 1 is 1.03 bits per heavy atom. The first-order valence-corrected chi connectivity index (χ1v) is 11.6. The van der Waals surface area contributed by atoms with Crippen LogP contribution in [0, 0.1) is 5.92 Å². The Bertz CT molecular complexity index is 1250. The van der Waals surface area contributed by atoms with Crippen LogP contribution in [0.5, 0.6) is 5.75 Å². The van der Waals surface area contributed by atoms with Gasteiger partial charge in [-0.3, -0.25) is 9.20 Å². The van der Waals surface area contributed by atoms with Crippen molar-refractivity contribution in [3.8, 4) is 17.0 Å². The molecule has 0 fully saturated rings. The Labute approximate surface area is 200 Å². The van der Waals surface area contributed by atoms with E-state index in [9.17, 15) is 9.90 Å². The number of imidazole rings is 1. The monoisotopic (exact) mass is 457 g/mol. The summed E-state index contributed by atoms with van der Waals surface area (Å²) in [6, 6.07) is 21.5. The van der Waals surface area contributed by atoms with E-state index in [4.69, 9.17) is 4.74 Å². The highest BCUT2D eigenvalue weighted by atomic mass is 16.5. The summed E-state index contributed by atoms with van der Waals surface area (Å²) in [7, 11) is 1.66. The number of carbonyl (C=O) groups excluding carboxylic acids is 1. The Morgan fingerprint density at radius 2 is 1.74 bits per heavy atom. The second kappa shape index (κ2) is 10.5. The van der Waals surface area contributed by atoms with Gasteiger partial charge in [-0.2, -0.15) is 0 Å². The zero-order chi connectivity index (χ0) is 24.1. The highest BCUT2D eigenvalue weighted by molar-refractivity contribution is 5.99. The minimum absolute atomic E-state index is 0.107. The van der Waals surface area contributed by atoms with Gasteiger partial charge in [-0.05, 0) is 48.1 Å². The normalized spacial score (nSPS) is 12.1. The van der Waals surface area contributed by atoms with Gasteiger partial charge in [0.25, 0.3) is 5.91 Å². The number of methoxy groups -OCH3 is 1. The van der Waals surface area contributed by atoms with E-state index in [1.165, 1.54) is 5.56 Å². The molecule has 176 valence electrons. The van der Waals surface area contributed by atoms with Crippen molar-refractivity contribution in [1.82, 2.24) is 14.7 Å². The van der Waals surface area contributed by atoms with Crippen molar-refractivity contribution >= 4 is 11.6 Å². The molecule has 34 heavy (non-hydrogen) atoms. The van der Waals surface area contributed by atoms with Crippen molar-refractivity contribution in [3.05, 3.63) is 89.7 Å². The Morgan fingerprint density at radius 3 is 2.38 bits per heavy atom. The van der Waals surface area contributed by atoms with Gasteiger partial charge in [0, 0.05) is 11.8 Å². The predicted octanol–water partition coefficient (Wildman–Crippen LogP) is 4.74. The SMILES string of the molecule is COc1ccc(Cc2ccc3nc(C(=O)N[C@H](CO)CC(C)C)c(-c4ccccc4)n3c2)cc1. The fourth-order valence-corrected chi connectivity index (χ4v) is 4.20. The molecule has 0 aliphatic heterocycles. The fraction of sp³-hybridized carbons (Fsp3) is 0.286. The van der Waals surface area contributed by atoms with Crippen LogP contribution in [0.4, 0.5) is 0 Å². The molecule has 1 amide bonds. The molecule has 0 spiro atoms. The van der Waals surface area contributed by atoms with Crippen molar-refractivity contribution in [3.63, 3.8) is 0 Å². The van der Waals surface area contributed by atoms with Crippen molar-refractivity contribution < 1.29 is 14.6 Å². The van der Waals surface area contributed by atoms with Crippen LogP contribution in [0.25, 0.3) is 16.9 Å². The van der Waals surface area contributed by atoms with E-state index in [1.807, 2.05) is 65.2 Å². The molecule has 2 aromatic heterocycles. The maximum atomic E-state index is 13.3. The third kappa shape index (κ3) is 5.29. The number of benzene rings is 2. The molecule has 0 radical (unpaired) electrons. The number of aromatic nitrogens is 2.